The number of nitrogens with one attached hydrogen (secondary N) is 1. The average molecular weight is 347 g/mol. The van der Waals surface area contributed by atoms with E-state index in [0.29, 0.717) is 10.6 Å². The molecule has 3 rings (SSSR count). The van der Waals surface area contributed by atoms with E-state index in [2.05, 4.69) is 16.4 Å². The molecule has 0 aliphatic rings. The minimum absolute atomic E-state index is 0.506. The van der Waals surface area contributed by atoms with Crippen LogP contribution < -0.4 is 10.1 Å². The summed E-state index contributed by atoms with van der Waals surface area (Å²) in [5.41, 5.74) is 4.45. The molecule has 0 amide bonds. The normalized spacial score (nSPS) is 11.0. The number of anilines is 1. The Morgan fingerprint density at radius 1 is 1.24 bits per heavy atom. The van der Waals surface area contributed by atoms with Crippen molar-refractivity contribution >= 4 is 22.6 Å². The van der Waals surface area contributed by atoms with Gasteiger partial charge in [0.15, 0.2) is 0 Å². The van der Waals surface area contributed by atoms with E-state index in [4.69, 9.17) is 4.74 Å². The molecule has 1 heterocycles. The SMILES string of the molecule is COc1ccc(-c2csc(/C(C#N)=C\Nc3cccc(C)c3)n2)cc1. The van der Waals surface area contributed by atoms with Crippen molar-refractivity contribution in [1.82, 2.24) is 4.98 Å². The van der Waals surface area contributed by atoms with Crippen molar-refractivity contribution in [2.75, 3.05) is 12.4 Å². The zero-order valence-corrected chi connectivity index (χ0v) is 14.8. The minimum atomic E-state index is 0.506. The largest absolute Gasteiger partial charge is 0.497 e. The van der Waals surface area contributed by atoms with Gasteiger partial charge in [-0.25, -0.2) is 4.98 Å². The maximum Gasteiger partial charge on any atom is 0.136 e. The first kappa shape index (κ1) is 16.7. The first-order valence-electron chi connectivity index (χ1n) is 7.73. The molecule has 0 spiro atoms. The molecule has 0 unspecified atom stereocenters. The minimum Gasteiger partial charge on any atom is -0.497 e. The van der Waals surface area contributed by atoms with Crippen molar-refractivity contribution in [3.8, 4) is 23.1 Å². The van der Waals surface area contributed by atoms with Gasteiger partial charge >= 0.3 is 0 Å². The fourth-order valence-electron chi connectivity index (χ4n) is 2.32. The second-order valence-corrected chi connectivity index (χ2v) is 6.31. The highest BCUT2D eigenvalue weighted by atomic mass is 32.1. The van der Waals surface area contributed by atoms with Gasteiger partial charge in [0.05, 0.1) is 12.8 Å². The first-order valence-corrected chi connectivity index (χ1v) is 8.61. The molecule has 4 nitrogen and oxygen atoms in total. The Balaban J connectivity index is 1.81. The lowest BCUT2D eigenvalue weighted by Gasteiger charge is -2.02. The van der Waals surface area contributed by atoms with Crippen LogP contribution in [0.15, 0.2) is 60.1 Å². The number of allylic oxidation sites excluding steroid dienone is 1. The number of hydrogen-bond acceptors (Lipinski definition) is 5. The van der Waals surface area contributed by atoms with Crippen LogP contribution in [0, 0.1) is 18.3 Å². The second-order valence-electron chi connectivity index (χ2n) is 5.45. The van der Waals surface area contributed by atoms with E-state index in [1.165, 1.54) is 11.3 Å². The Hall–Kier alpha value is -3.10. The van der Waals surface area contributed by atoms with Crippen LogP contribution in [0.25, 0.3) is 16.8 Å². The Morgan fingerprint density at radius 2 is 2.04 bits per heavy atom. The van der Waals surface area contributed by atoms with E-state index in [1.54, 1.807) is 13.3 Å². The Kier molecular flexibility index (Phi) is 5.12. The monoisotopic (exact) mass is 347 g/mol. The predicted molar refractivity (Wildman–Crippen MR) is 102 cm³/mol. The number of hydrogen-bond donors (Lipinski definition) is 1. The molecule has 0 saturated heterocycles. The first-order chi connectivity index (χ1) is 12.2. The van der Waals surface area contributed by atoms with Crippen molar-refractivity contribution in [2.45, 2.75) is 6.92 Å². The molecule has 0 aliphatic heterocycles. The summed E-state index contributed by atoms with van der Waals surface area (Å²) >= 11 is 1.45. The number of thiazole rings is 1. The second kappa shape index (κ2) is 7.65. The number of methoxy groups -OCH3 is 1. The summed E-state index contributed by atoms with van der Waals surface area (Å²) < 4.78 is 5.17. The van der Waals surface area contributed by atoms with Gasteiger partial charge in [0, 0.05) is 22.8 Å². The highest BCUT2D eigenvalue weighted by Crippen LogP contribution is 2.27. The highest BCUT2D eigenvalue weighted by Gasteiger charge is 2.09. The van der Waals surface area contributed by atoms with Crippen molar-refractivity contribution in [3.63, 3.8) is 0 Å². The van der Waals surface area contributed by atoms with Crippen molar-refractivity contribution < 1.29 is 4.74 Å². The number of nitrogens with zero attached hydrogens (tertiary/aromatic N) is 2. The van der Waals surface area contributed by atoms with E-state index in [0.717, 1.165) is 28.3 Å². The van der Waals surface area contributed by atoms with Gasteiger partial charge in [-0.3, -0.25) is 0 Å². The third-order valence-electron chi connectivity index (χ3n) is 3.64. The van der Waals surface area contributed by atoms with Crippen LogP contribution in [0.5, 0.6) is 5.75 Å². The van der Waals surface area contributed by atoms with Crippen LogP contribution in [-0.2, 0) is 0 Å². The topological polar surface area (TPSA) is 57.9 Å². The van der Waals surface area contributed by atoms with Crippen LogP contribution in [0.1, 0.15) is 10.6 Å². The molecule has 25 heavy (non-hydrogen) atoms. The zero-order valence-electron chi connectivity index (χ0n) is 14.0. The average Bonchev–Trinajstić information content (AvgIpc) is 3.12. The molecule has 0 atom stereocenters. The summed E-state index contributed by atoms with van der Waals surface area (Å²) in [7, 11) is 1.64. The highest BCUT2D eigenvalue weighted by molar-refractivity contribution is 7.11. The fourth-order valence-corrected chi connectivity index (χ4v) is 3.12. The summed E-state index contributed by atoms with van der Waals surface area (Å²) in [6.07, 6.45) is 1.70. The summed E-state index contributed by atoms with van der Waals surface area (Å²) in [5, 5.41) is 15.3. The lowest BCUT2D eigenvalue weighted by Crippen LogP contribution is -1.91. The molecule has 0 aliphatic carbocycles. The van der Waals surface area contributed by atoms with Crippen LogP contribution in [0.2, 0.25) is 0 Å². The molecule has 0 bridgehead atoms. The number of nitriles is 1. The maximum atomic E-state index is 9.45. The Morgan fingerprint density at radius 3 is 2.72 bits per heavy atom. The maximum absolute atomic E-state index is 9.45. The molecule has 0 fully saturated rings. The molecule has 5 heteroatoms. The lowest BCUT2D eigenvalue weighted by molar-refractivity contribution is 0.415. The zero-order chi connectivity index (χ0) is 17.6. The van der Waals surface area contributed by atoms with E-state index < -0.39 is 0 Å². The molecule has 3 aromatic rings. The third-order valence-corrected chi connectivity index (χ3v) is 4.52. The molecule has 1 aromatic heterocycles. The van der Waals surface area contributed by atoms with E-state index in [9.17, 15) is 5.26 Å². The standard InChI is InChI=1S/C20H17N3OS/c1-14-4-3-5-17(10-14)22-12-16(11-21)20-23-19(13-25-20)15-6-8-18(24-2)9-7-15/h3-10,12-13,22H,1-2H3/b16-12-. The van der Waals surface area contributed by atoms with Crippen LogP contribution >= 0.6 is 11.3 Å². The van der Waals surface area contributed by atoms with Crippen molar-refractivity contribution in [2.24, 2.45) is 0 Å². The van der Waals surface area contributed by atoms with Gasteiger partial charge in [0.2, 0.25) is 0 Å². The molecular formula is C20H17N3OS. The molecule has 2 aromatic carbocycles. The van der Waals surface area contributed by atoms with Crippen molar-refractivity contribution in [1.29, 1.82) is 5.26 Å². The number of ether oxygens (including phenoxy) is 1. The van der Waals surface area contributed by atoms with Gasteiger partial charge in [-0.2, -0.15) is 5.26 Å². The fraction of sp³-hybridized carbons (Fsp3) is 0.100. The summed E-state index contributed by atoms with van der Waals surface area (Å²) in [4.78, 5) is 4.58. The van der Waals surface area contributed by atoms with Crippen LogP contribution in [0.3, 0.4) is 0 Å². The van der Waals surface area contributed by atoms with Gasteiger partial charge in [-0.05, 0) is 48.9 Å². The van der Waals surface area contributed by atoms with Crippen LogP contribution in [0.4, 0.5) is 5.69 Å². The number of aromatic nitrogens is 1. The Labute approximate surface area is 151 Å². The molecular weight excluding hydrogens is 330 g/mol. The lowest BCUT2D eigenvalue weighted by atomic mass is 10.2. The molecule has 0 saturated carbocycles. The smallest absolute Gasteiger partial charge is 0.136 e. The van der Waals surface area contributed by atoms with Crippen LogP contribution in [-0.4, -0.2) is 12.1 Å². The number of aryl methyl sites for hydroxylation is 1. The van der Waals surface area contributed by atoms with E-state index >= 15 is 0 Å². The summed E-state index contributed by atoms with van der Waals surface area (Å²) in [6, 6.07) is 17.9. The molecule has 0 radical (unpaired) electrons. The summed E-state index contributed by atoms with van der Waals surface area (Å²) in [6.45, 7) is 2.03. The van der Waals surface area contributed by atoms with Gasteiger partial charge in [0.1, 0.15) is 22.4 Å². The van der Waals surface area contributed by atoms with Crippen molar-refractivity contribution in [3.05, 3.63) is 70.7 Å². The predicted octanol–water partition coefficient (Wildman–Crippen LogP) is 5.10. The van der Waals surface area contributed by atoms with Gasteiger partial charge in [0.25, 0.3) is 0 Å². The van der Waals surface area contributed by atoms with Gasteiger partial charge in [-0.1, -0.05) is 12.1 Å². The number of benzene rings is 2. The third kappa shape index (κ3) is 4.06. The summed E-state index contributed by atoms with van der Waals surface area (Å²) in [5.74, 6) is 0.805. The molecule has 1 N–H and O–H groups in total. The Bertz CT molecular complexity index is 936. The number of rotatable bonds is 5. The van der Waals surface area contributed by atoms with Gasteiger partial charge < -0.3 is 10.1 Å². The quantitative estimate of drug-likeness (QED) is 0.652. The molecule has 124 valence electrons. The van der Waals surface area contributed by atoms with E-state index in [1.807, 2.05) is 60.8 Å². The van der Waals surface area contributed by atoms with Gasteiger partial charge in [-0.15, -0.1) is 11.3 Å². The van der Waals surface area contributed by atoms with E-state index in [-0.39, 0.29) is 0 Å².